The van der Waals surface area contributed by atoms with Crippen molar-refractivity contribution >= 4 is 38.7 Å². The Morgan fingerprint density at radius 1 is 0.958 bits per heavy atom. The molecule has 1 N–H and O–H groups in total. The van der Waals surface area contributed by atoms with Crippen LogP contribution in [0.5, 0.6) is 0 Å². The minimum Gasteiger partial charge on any atom is -0.413 e. The highest BCUT2D eigenvalue weighted by molar-refractivity contribution is 6.99. The van der Waals surface area contributed by atoms with Crippen LogP contribution in [-0.4, -0.2) is 65.9 Å². The second kappa shape index (κ2) is 13.7. The van der Waals surface area contributed by atoms with Gasteiger partial charge in [0.15, 0.2) is 14.1 Å². The molecule has 3 aliphatic rings. The number of Topliss-reactive ketones (excluding diaryl/α,β-unsaturated/α-hetero) is 1. The Bertz CT molecular complexity index is 1430. The molecule has 3 aliphatic heterocycles. The van der Waals surface area contributed by atoms with Gasteiger partial charge in [-0.2, -0.15) is 0 Å². The maximum Gasteiger partial charge on any atom is 0.267 e. The van der Waals surface area contributed by atoms with Gasteiger partial charge in [-0.25, -0.2) is 0 Å². The second-order valence-corrected chi connectivity index (χ2v) is 25.3. The topological polar surface area (TPSA) is 92.3 Å². The Morgan fingerprint density at radius 2 is 1.54 bits per heavy atom. The van der Waals surface area contributed by atoms with E-state index in [0.29, 0.717) is 19.4 Å². The highest BCUT2D eigenvalue weighted by Gasteiger charge is 2.63. The van der Waals surface area contributed by atoms with Crippen molar-refractivity contribution in [2.24, 2.45) is 11.8 Å². The van der Waals surface area contributed by atoms with Crippen molar-refractivity contribution in [3.63, 3.8) is 0 Å². The first-order valence-corrected chi connectivity index (χ1v) is 22.1. The van der Waals surface area contributed by atoms with Crippen LogP contribution in [-0.2, 0) is 32.7 Å². The van der Waals surface area contributed by atoms with Gasteiger partial charge >= 0.3 is 0 Å². The molecular formula is C38H55NO7Si2. The number of ketones is 1. The number of hydrogen-bond donors (Lipinski definition) is 1. The van der Waals surface area contributed by atoms with E-state index >= 15 is 0 Å². The van der Waals surface area contributed by atoms with Gasteiger partial charge in [-0.1, -0.05) is 116 Å². The summed E-state index contributed by atoms with van der Waals surface area (Å²) in [4.78, 5) is 27.9. The number of rotatable bonds is 11. The van der Waals surface area contributed by atoms with Crippen LogP contribution < -0.4 is 15.7 Å². The van der Waals surface area contributed by atoms with Gasteiger partial charge in [0.25, 0.3) is 8.32 Å². The van der Waals surface area contributed by atoms with Crippen LogP contribution in [0.15, 0.2) is 72.8 Å². The molecule has 0 unspecified atom stereocenters. The van der Waals surface area contributed by atoms with Crippen molar-refractivity contribution in [3.05, 3.63) is 72.8 Å². The Balaban J connectivity index is 1.51. The van der Waals surface area contributed by atoms with E-state index in [2.05, 4.69) is 90.8 Å². The standard InChI is InChI=1S/C38H55NO7Si2/c1-11-30(26(2)24-44-47(9,10)36(3,4)5)32(41)34-35-33(42-25-43-34)27-22-31(40)39-38(23-27,45-35)46-48(37(6,7)8,28-18-14-12-15-19-28)29-20-16-13-17-21-29/h12-21,27,30,33-35H,2,11,22-25H2,1,3-10H3,(H,39,40)/t27-,30+,33-,34+,35+,38-/m0/s1. The first-order valence-electron chi connectivity index (χ1n) is 17.3. The molecule has 3 fully saturated rings. The fraction of sp³-hybridized carbons (Fsp3) is 0.579. The quantitative estimate of drug-likeness (QED) is 0.226. The summed E-state index contributed by atoms with van der Waals surface area (Å²) in [5.41, 5.74) is 0.738. The SMILES string of the molecule is C=C(CO[Si](C)(C)C(C)(C)C)[C@@H](CC)C(=O)[C@H]1OCO[C@H]2[C@H]3CC(=O)N[C@@](O[Si](c4ccccc4)(c4ccccc4)C(C)(C)C)(C3)O[C@H]21. The number of benzene rings is 2. The number of amides is 1. The summed E-state index contributed by atoms with van der Waals surface area (Å²) in [5.74, 6) is -2.46. The number of nitrogens with one attached hydrogen (secondary N) is 1. The molecule has 0 radical (unpaired) electrons. The number of hydrogen-bond acceptors (Lipinski definition) is 7. The molecule has 0 aliphatic carbocycles. The first-order chi connectivity index (χ1) is 22.4. The van der Waals surface area contributed by atoms with Gasteiger partial charge in [-0.05, 0) is 45.5 Å². The second-order valence-electron chi connectivity index (χ2n) is 16.2. The third-order valence-corrected chi connectivity index (χ3v) is 20.4. The average Bonchev–Trinajstić information content (AvgIpc) is 3.02. The third-order valence-electron chi connectivity index (χ3n) is 10.9. The number of carbonyl (C=O) groups is 2. The maximum absolute atomic E-state index is 14.4. The molecule has 0 aromatic heterocycles. The Morgan fingerprint density at radius 3 is 2.06 bits per heavy atom. The van der Waals surface area contributed by atoms with E-state index in [-0.39, 0.29) is 40.9 Å². The van der Waals surface area contributed by atoms with Crippen molar-refractivity contribution < 1.29 is 32.7 Å². The number of piperidine rings is 1. The molecule has 5 rings (SSSR count). The minimum atomic E-state index is -3.18. The fourth-order valence-electron chi connectivity index (χ4n) is 7.30. The molecule has 0 saturated carbocycles. The van der Waals surface area contributed by atoms with E-state index in [0.717, 1.165) is 15.9 Å². The van der Waals surface area contributed by atoms with Gasteiger partial charge in [0.2, 0.25) is 11.8 Å². The van der Waals surface area contributed by atoms with E-state index < -0.39 is 46.8 Å². The Labute approximate surface area is 289 Å². The molecule has 2 aromatic rings. The summed E-state index contributed by atoms with van der Waals surface area (Å²) >= 11 is 0. The lowest BCUT2D eigenvalue weighted by atomic mass is 9.79. The van der Waals surface area contributed by atoms with Crippen LogP contribution in [0.25, 0.3) is 0 Å². The molecule has 262 valence electrons. The number of carbonyl (C=O) groups excluding carboxylic acids is 2. The first kappa shape index (κ1) is 36.8. The third kappa shape index (κ3) is 6.95. The zero-order valence-electron chi connectivity index (χ0n) is 30.3. The van der Waals surface area contributed by atoms with Crippen LogP contribution >= 0.6 is 0 Å². The lowest BCUT2D eigenvalue weighted by Gasteiger charge is -2.57. The van der Waals surface area contributed by atoms with Crippen molar-refractivity contribution in [1.29, 1.82) is 0 Å². The van der Waals surface area contributed by atoms with Crippen molar-refractivity contribution in [2.45, 2.75) is 115 Å². The van der Waals surface area contributed by atoms with Crippen LogP contribution in [0.2, 0.25) is 23.2 Å². The van der Waals surface area contributed by atoms with E-state index in [1.165, 1.54) is 0 Å². The van der Waals surface area contributed by atoms with Crippen LogP contribution in [0.4, 0.5) is 0 Å². The van der Waals surface area contributed by atoms with Crippen molar-refractivity contribution in [2.75, 3.05) is 13.4 Å². The lowest BCUT2D eigenvalue weighted by molar-refractivity contribution is -0.354. The molecule has 48 heavy (non-hydrogen) atoms. The van der Waals surface area contributed by atoms with E-state index in [1.54, 1.807) is 0 Å². The largest absolute Gasteiger partial charge is 0.413 e. The van der Waals surface area contributed by atoms with Crippen LogP contribution in [0.3, 0.4) is 0 Å². The molecule has 3 heterocycles. The predicted octanol–water partition coefficient (Wildman–Crippen LogP) is 6.06. The number of fused-ring (bicyclic) bond motifs is 4. The summed E-state index contributed by atoms with van der Waals surface area (Å²) in [6.45, 7) is 24.1. The molecule has 2 aromatic carbocycles. The molecule has 8 nitrogen and oxygen atoms in total. The van der Waals surface area contributed by atoms with Crippen LogP contribution in [0, 0.1) is 11.8 Å². The van der Waals surface area contributed by atoms with Gasteiger partial charge in [0, 0.05) is 24.7 Å². The summed E-state index contributed by atoms with van der Waals surface area (Å²) < 4.78 is 33.2. The summed E-state index contributed by atoms with van der Waals surface area (Å²) in [5, 5.41) is 4.93. The smallest absolute Gasteiger partial charge is 0.267 e. The van der Waals surface area contributed by atoms with Gasteiger partial charge in [0.1, 0.15) is 19.0 Å². The highest BCUT2D eigenvalue weighted by atomic mass is 28.4. The Hall–Kier alpha value is -2.45. The summed E-state index contributed by atoms with van der Waals surface area (Å²) in [6.07, 6.45) is -0.994. The molecule has 1 amide bonds. The molecule has 3 saturated heterocycles. The van der Waals surface area contributed by atoms with Crippen LogP contribution in [0.1, 0.15) is 67.7 Å². The van der Waals surface area contributed by atoms with Crippen molar-refractivity contribution in [1.82, 2.24) is 5.32 Å². The monoisotopic (exact) mass is 693 g/mol. The lowest BCUT2D eigenvalue weighted by Crippen LogP contribution is -2.77. The van der Waals surface area contributed by atoms with Crippen molar-refractivity contribution in [3.8, 4) is 0 Å². The maximum atomic E-state index is 14.4. The summed E-state index contributed by atoms with van der Waals surface area (Å²) in [7, 11) is -5.24. The zero-order valence-corrected chi connectivity index (χ0v) is 32.3. The molecule has 2 bridgehead atoms. The highest BCUT2D eigenvalue weighted by Crippen LogP contribution is 2.47. The van der Waals surface area contributed by atoms with E-state index in [4.69, 9.17) is 23.1 Å². The molecule has 6 atom stereocenters. The van der Waals surface area contributed by atoms with Gasteiger partial charge < -0.3 is 28.4 Å². The zero-order chi connectivity index (χ0) is 35.1. The molecule has 10 heteroatoms. The summed E-state index contributed by atoms with van der Waals surface area (Å²) in [6, 6.07) is 20.5. The molecular weight excluding hydrogens is 639 g/mol. The molecule has 0 spiro atoms. The van der Waals surface area contributed by atoms with E-state index in [1.807, 2.05) is 43.3 Å². The van der Waals surface area contributed by atoms with Gasteiger partial charge in [0.05, 0.1) is 12.7 Å². The number of ether oxygens (including phenoxy) is 3. The fourth-order valence-corrected chi connectivity index (χ4v) is 12.9. The normalized spacial score (nSPS) is 27.1. The predicted molar refractivity (Wildman–Crippen MR) is 193 cm³/mol. The average molecular weight is 694 g/mol. The van der Waals surface area contributed by atoms with Gasteiger partial charge in [-0.15, -0.1) is 0 Å². The van der Waals surface area contributed by atoms with E-state index in [9.17, 15) is 9.59 Å². The minimum absolute atomic E-state index is 0.0353. The Kier molecular flexibility index (Phi) is 10.5. The van der Waals surface area contributed by atoms with Gasteiger partial charge in [-0.3, -0.25) is 9.59 Å².